The molecule has 1 fully saturated rings. The van der Waals surface area contributed by atoms with E-state index in [-0.39, 0.29) is 6.03 Å². The molecule has 3 N–H and O–H groups in total. The first kappa shape index (κ1) is 11.3. The monoisotopic (exact) mass is 199 g/mol. The van der Waals surface area contributed by atoms with Gasteiger partial charge in [0, 0.05) is 19.1 Å². The Hall–Kier alpha value is -0.770. The summed E-state index contributed by atoms with van der Waals surface area (Å²) in [6, 6.07) is 0.406. The smallest absolute Gasteiger partial charge is 0.317 e. The zero-order valence-electron chi connectivity index (χ0n) is 9.12. The van der Waals surface area contributed by atoms with Crippen LogP contribution in [-0.4, -0.2) is 36.6 Å². The second kappa shape index (κ2) is 5.20. The molecule has 2 amide bonds. The summed E-state index contributed by atoms with van der Waals surface area (Å²) in [5, 5.41) is 2.91. The maximum absolute atomic E-state index is 11.5. The minimum atomic E-state index is 0.0765. The van der Waals surface area contributed by atoms with Crippen LogP contribution in [0.25, 0.3) is 0 Å². The van der Waals surface area contributed by atoms with Crippen LogP contribution in [0.1, 0.15) is 26.7 Å². The number of nitrogens with one attached hydrogen (secondary N) is 1. The van der Waals surface area contributed by atoms with Gasteiger partial charge in [-0.1, -0.05) is 6.92 Å². The fourth-order valence-electron chi connectivity index (χ4n) is 1.79. The highest BCUT2D eigenvalue weighted by Gasteiger charge is 2.27. The van der Waals surface area contributed by atoms with Gasteiger partial charge in [-0.25, -0.2) is 4.79 Å². The number of nitrogens with zero attached hydrogens (tertiary/aromatic N) is 1. The molecule has 4 nitrogen and oxygen atoms in total. The third-order valence-electron chi connectivity index (χ3n) is 2.96. The van der Waals surface area contributed by atoms with E-state index in [0.29, 0.717) is 18.5 Å². The van der Waals surface area contributed by atoms with Crippen molar-refractivity contribution in [3.8, 4) is 0 Å². The third-order valence-corrected chi connectivity index (χ3v) is 2.96. The molecule has 2 unspecified atom stereocenters. The third kappa shape index (κ3) is 2.61. The van der Waals surface area contributed by atoms with Crippen LogP contribution in [0.5, 0.6) is 0 Å². The molecule has 0 aliphatic carbocycles. The van der Waals surface area contributed by atoms with E-state index in [1.54, 1.807) is 0 Å². The largest absolute Gasteiger partial charge is 0.338 e. The van der Waals surface area contributed by atoms with Crippen LogP contribution < -0.4 is 11.1 Å². The molecule has 0 spiro atoms. The van der Waals surface area contributed by atoms with Crippen LogP contribution in [0.15, 0.2) is 0 Å². The van der Waals surface area contributed by atoms with Crippen molar-refractivity contribution in [1.82, 2.24) is 10.2 Å². The Morgan fingerprint density at radius 1 is 1.71 bits per heavy atom. The molecule has 0 radical (unpaired) electrons. The molecular formula is C10H21N3O. The number of carbonyl (C=O) groups is 1. The zero-order chi connectivity index (χ0) is 10.6. The maximum atomic E-state index is 11.5. The molecule has 1 heterocycles. The minimum Gasteiger partial charge on any atom is -0.338 e. The van der Waals surface area contributed by atoms with Gasteiger partial charge in [0.05, 0.1) is 0 Å². The molecular weight excluding hydrogens is 178 g/mol. The van der Waals surface area contributed by atoms with Gasteiger partial charge in [0.25, 0.3) is 0 Å². The van der Waals surface area contributed by atoms with E-state index < -0.39 is 0 Å². The first-order valence-corrected chi connectivity index (χ1v) is 5.43. The molecule has 0 bridgehead atoms. The highest BCUT2D eigenvalue weighted by molar-refractivity contribution is 5.75. The van der Waals surface area contributed by atoms with Gasteiger partial charge in [-0.2, -0.15) is 0 Å². The molecule has 1 aliphatic heterocycles. The van der Waals surface area contributed by atoms with E-state index in [4.69, 9.17) is 5.73 Å². The molecule has 1 aliphatic rings. The van der Waals surface area contributed by atoms with Crippen molar-refractivity contribution in [2.75, 3.05) is 19.6 Å². The lowest BCUT2D eigenvalue weighted by atomic mass is 10.0. The number of rotatable bonds is 4. The summed E-state index contributed by atoms with van der Waals surface area (Å²) in [7, 11) is 0. The molecule has 0 saturated carbocycles. The summed E-state index contributed by atoms with van der Waals surface area (Å²) in [4.78, 5) is 13.4. The van der Waals surface area contributed by atoms with Gasteiger partial charge in [0.15, 0.2) is 0 Å². The van der Waals surface area contributed by atoms with Crippen LogP contribution >= 0.6 is 0 Å². The lowest BCUT2D eigenvalue weighted by Gasteiger charge is -2.36. The summed E-state index contributed by atoms with van der Waals surface area (Å²) in [5.74, 6) is 0.520. The SMILES string of the molecule is CCC(C)N1CC(CCN)CNC1=O. The average molecular weight is 199 g/mol. The summed E-state index contributed by atoms with van der Waals surface area (Å²) in [6.45, 7) is 6.53. The predicted octanol–water partition coefficient (Wildman–Crippen LogP) is 0.775. The number of nitrogens with two attached hydrogens (primary N) is 1. The van der Waals surface area contributed by atoms with E-state index in [1.165, 1.54) is 0 Å². The van der Waals surface area contributed by atoms with Crippen LogP contribution in [0.2, 0.25) is 0 Å². The molecule has 1 rings (SSSR count). The van der Waals surface area contributed by atoms with Crippen molar-refractivity contribution in [2.45, 2.75) is 32.7 Å². The zero-order valence-corrected chi connectivity index (χ0v) is 9.12. The highest BCUT2D eigenvalue weighted by atomic mass is 16.2. The minimum absolute atomic E-state index is 0.0765. The quantitative estimate of drug-likeness (QED) is 0.703. The molecule has 2 atom stereocenters. The number of amides is 2. The van der Waals surface area contributed by atoms with Crippen molar-refractivity contribution in [2.24, 2.45) is 11.7 Å². The molecule has 0 aromatic rings. The van der Waals surface area contributed by atoms with Crippen LogP contribution in [0, 0.1) is 5.92 Å². The Kier molecular flexibility index (Phi) is 4.20. The van der Waals surface area contributed by atoms with Gasteiger partial charge >= 0.3 is 6.03 Å². The number of urea groups is 1. The van der Waals surface area contributed by atoms with Gasteiger partial charge in [-0.3, -0.25) is 0 Å². The van der Waals surface area contributed by atoms with Crippen LogP contribution in [0.4, 0.5) is 4.79 Å². The Bertz CT molecular complexity index is 196. The average Bonchev–Trinajstić information content (AvgIpc) is 2.20. The van der Waals surface area contributed by atoms with E-state index >= 15 is 0 Å². The van der Waals surface area contributed by atoms with E-state index in [2.05, 4.69) is 19.2 Å². The summed E-state index contributed by atoms with van der Waals surface area (Å²) in [5.41, 5.74) is 5.52. The van der Waals surface area contributed by atoms with Gasteiger partial charge in [0.1, 0.15) is 0 Å². The molecule has 82 valence electrons. The van der Waals surface area contributed by atoms with Crippen molar-refractivity contribution >= 4 is 6.03 Å². The summed E-state index contributed by atoms with van der Waals surface area (Å²) < 4.78 is 0. The van der Waals surface area contributed by atoms with Crippen molar-refractivity contribution < 1.29 is 4.79 Å². The van der Waals surface area contributed by atoms with Gasteiger partial charge in [0.2, 0.25) is 0 Å². The normalized spacial score (nSPS) is 24.6. The van der Waals surface area contributed by atoms with Crippen molar-refractivity contribution in [1.29, 1.82) is 0 Å². The van der Waals surface area contributed by atoms with E-state index in [1.807, 2.05) is 4.90 Å². The topological polar surface area (TPSA) is 58.4 Å². The molecule has 1 saturated heterocycles. The molecule has 0 aromatic heterocycles. The van der Waals surface area contributed by atoms with E-state index in [9.17, 15) is 4.79 Å². The number of hydrogen-bond acceptors (Lipinski definition) is 2. The Balaban J connectivity index is 2.50. The van der Waals surface area contributed by atoms with E-state index in [0.717, 1.165) is 25.9 Å². The lowest BCUT2D eigenvalue weighted by Crippen LogP contribution is -2.54. The first-order valence-electron chi connectivity index (χ1n) is 5.43. The van der Waals surface area contributed by atoms with Crippen LogP contribution in [-0.2, 0) is 0 Å². The van der Waals surface area contributed by atoms with Crippen molar-refractivity contribution in [3.63, 3.8) is 0 Å². The Morgan fingerprint density at radius 2 is 2.43 bits per heavy atom. The van der Waals surface area contributed by atoms with Gasteiger partial charge in [-0.15, -0.1) is 0 Å². The number of carbonyl (C=O) groups excluding carboxylic acids is 1. The summed E-state index contributed by atoms with van der Waals surface area (Å²) >= 11 is 0. The first-order chi connectivity index (χ1) is 6.69. The van der Waals surface area contributed by atoms with Gasteiger partial charge in [-0.05, 0) is 32.2 Å². The predicted molar refractivity (Wildman–Crippen MR) is 57.0 cm³/mol. The van der Waals surface area contributed by atoms with Gasteiger partial charge < -0.3 is 16.0 Å². The standard InChI is InChI=1S/C10H21N3O/c1-3-8(2)13-7-9(4-5-11)6-12-10(13)14/h8-9H,3-7,11H2,1-2H3,(H,12,14). The fourth-order valence-corrected chi connectivity index (χ4v) is 1.79. The van der Waals surface area contributed by atoms with Crippen molar-refractivity contribution in [3.05, 3.63) is 0 Å². The molecule has 0 aromatic carbocycles. The lowest BCUT2D eigenvalue weighted by molar-refractivity contribution is 0.141. The molecule has 4 heteroatoms. The second-order valence-electron chi connectivity index (χ2n) is 4.04. The fraction of sp³-hybridized carbons (Fsp3) is 0.900. The Morgan fingerprint density at radius 3 is 3.00 bits per heavy atom. The highest BCUT2D eigenvalue weighted by Crippen LogP contribution is 2.14. The second-order valence-corrected chi connectivity index (χ2v) is 4.04. The summed E-state index contributed by atoms with van der Waals surface area (Å²) in [6.07, 6.45) is 2.00. The Labute approximate surface area is 85.8 Å². The molecule has 14 heavy (non-hydrogen) atoms. The van der Waals surface area contributed by atoms with Crippen LogP contribution in [0.3, 0.4) is 0 Å². The number of hydrogen-bond donors (Lipinski definition) is 2. The maximum Gasteiger partial charge on any atom is 0.317 e.